The smallest absolute Gasteiger partial charge is 0.325 e. The summed E-state index contributed by atoms with van der Waals surface area (Å²) in [4.78, 5) is 24.4. The number of para-hydroxylation sites is 1. The first-order valence-electron chi connectivity index (χ1n) is 12.7. The number of carboxylic acids is 2. The van der Waals surface area contributed by atoms with Gasteiger partial charge in [-0.15, -0.1) is 0 Å². The highest BCUT2D eigenvalue weighted by molar-refractivity contribution is 7.89. The number of hydrogen-bond acceptors (Lipinski definition) is 5. The van der Waals surface area contributed by atoms with Gasteiger partial charge in [0.2, 0.25) is 10.0 Å². The summed E-state index contributed by atoms with van der Waals surface area (Å²) in [6, 6.07) is 29.1. The summed E-state index contributed by atoms with van der Waals surface area (Å²) in [6.45, 7) is -0.793. The molecule has 0 spiro atoms. The van der Waals surface area contributed by atoms with Gasteiger partial charge in [0.25, 0.3) is 0 Å². The minimum atomic E-state index is -4.54. The van der Waals surface area contributed by atoms with E-state index in [1.54, 1.807) is 60.7 Å². The van der Waals surface area contributed by atoms with Gasteiger partial charge in [0.05, 0.1) is 4.90 Å². The maximum atomic E-state index is 13.9. The number of carboxylic acid groups (broad SMARTS) is 2. The van der Waals surface area contributed by atoms with Crippen LogP contribution < -0.4 is 4.74 Å². The summed E-state index contributed by atoms with van der Waals surface area (Å²) >= 11 is 5.96. The molecule has 1 saturated carbocycles. The predicted octanol–water partition coefficient (Wildman–Crippen LogP) is 5.67. The van der Waals surface area contributed by atoms with Crippen molar-refractivity contribution in [1.29, 1.82) is 0 Å². The summed E-state index contributed by atoms with van der Waals surface area (Å²) in [5, 5.41) is 20.6. The quantitative estimate of drug-likeness (QED) is 0.230. The van der Waals surface area contributed by atoms with Crippen LogP contribution in [0.1, 0.15) is 23.5 Å². The molecule has 0 bridgehead atoms. The molecule has 0 amide bonds. The van der Waals surface area contributed by atoms with Crippen LogP contribution in [0.2, 0.25) is 5.02 Å². The van der Waals surface area contributed by atoms with Gasteiger partial charge >= 0.3 is 11.9 Å². The molecule has 2 atom stereocenters. The number of benzene rings is 4. The maximum absolute atomic E-state index is 13.9. The van der Waals surface area contributed by atoms with E-state index in [0.29, 0.717) is 26.2 Å². The van der Waals surface area contributed by atoms with Crippen molar-refractivity contribution >= 4 is 33.6 Å². The molecule has 0 heterocycles. The number of rotatable bonds is 11. The molecule has 4 aromatic rings. The topological polar surface area (TPSA) is 121 Å². The lowest BCUT2D eigenvalue weighted by Crippen LogP contribution is -2.50. The van der Waals surface area contributed by atoms with Crippen LogP contribution in [0.4, 0.5) is 0 Å². The number of aliphatic carboxylic acids is 2. The highest BCUT2D eigenvalue weighted by Gasteiger charge is 2.69. The minimum Gasteiger partial charge on any atom is -0.489 e. The van der Waals surface area contributed by atoms with Gasteiger partial charge in [-0.25, -0.2) is 8.42 Å². The largest absolute Gasteiger partial charge is 0.489 e. The van der Waals surface area contributed by atoms with Crippen molar-refractivity contribution < 1.29 is 33.0 Å². The monoisotopic (exact) mass is 591 g/mol. The molecule has 1 aliphatic rings. The van der Waals surface area contributed by atoms with Crippen molar-refractivity contribution in [3.05, 3.63) is 119 Å². The summed E-state index contributed by atoms with van der Waals surface area (Å²) in [5.74, 6) is -3.31. The van der Waals surface area contributed by atoms with Crippen LogP contribution in [0.5, 0.6) is 5.75 Å². The van der Waals surface area contributed by atoms with Crippen molar-refractivity contribution in [2.45, 2.75) is 29.4 Å². The third kappa shape index (κ3) is 5.69. The van der Waals surface area contributed by atoms with Crippen LogP contribution in [0.15, 0.2) is 108 Å². The lowest BCUT2D eigenvalue weighted by atomic mass is 10.0. The molecule has 0 aliphatic heterocycles. The van der Waals surface area contributed by atoms with Crippen molar-refractivity contribution in [3.63, 3.8) is 0 Å². The van der Waals surface area contributed by atoms with Crippen molar-refractivity contribution in [2.24, 2.45) is 0 Å². The molecule has 0 radical (unpaired) electrons. The van der Waals surface area contributed by atoms with E-state index in [2.05, 4.69) is 0 Å². The minimum absolute atomic E-state index is 0.108. The zero-order chi connectivity index (χ0) is 29.2. The van der Waals surface area contributed by atoms with Gasteiger partial charge in [0.1, 0.15) is 24.4 Å². The number of nitrogens with zero attached hydrogens (tertiary/aromatic N) is 1. The van der Waals surface area contributed by atoms with E-state index >= 15 is 0 Å². The second kappa shape index (κ2) is 11.4. The van der Waals surface area contributed by atoms with Gasteiger partial charge in [-0.1, -0.05) is 84.4 Å². The normalized spacial score (nSPS) is 18.1. The van der Waals surface area contributed by atoms with Crippen LogP contribution in [-0.2, 0) is 26.2 Å². The molecule has 2 N–H and O–H groups in total. The van der Waals surface area contributed by atoms with Crippen LogP contribution in [-0.4, -0.2) is 47.0 Å². The zero-order valence-corrected chi connectivity index (χ0v) is 23.3. The molecule has 41 heavy (non-hydrogen) atoms. The van der Waals surface area contributed by atoms with Crippen LogP contribution in [0.25, 0.3) is 11.1 Å². The zero-order valence-electron chi connectivity index (χ0n) is 21.7. The fraction of sp³-hybridized carbons (Fsp3) is 0.161. The van der Waals surface area contributed by atoms with Crippen LogP contribution in [0, 0.1) is 0 Å². The average Bonchev–Trinajstić information content (AvgIpc) is 3.72. The van der Waals surface area contributed by atoms with Gasteiger partial charge in [0.15, 0.2) is 0 Å². The molecule has 4 aromatic carbocycles. The third-order valence-electron chi connectivity index (χ3n) is 7.18. The van der Waals surface area contributed by atoms with E-state index in [1.807, 2.05) is 30.3 Å². The maximum Gasteiger partial charge on any atom is 0.325 e. The molecule has 0 saturated heterocycles. The molecule has 8 nitrogen and oxygen atoms in total. The van der Waals surface area contributed by atoms with Gasteiger partial charge < -0.3 is 14.9 Å². The Labute approximate surface area is 242 Å². The molecule has 1 aliphatic carbocycles. The number of halogens is 1. The van der Waals surface area contributed by atoms with Crippen LogP contribution >= 0.6 is 11.6 Å². The summed E-state index contributed by atoms with van der Waals surface area (Å²) in [7, 11) is -4.54. The molecule has 1 fully saturated rings. The lowest BCUT2D eigenvalue weighted by molar-refractivity contribution is -0.145. The highest BCUT2D eigenvalue weighted by atomic mass is 35.5. The summed E-state index contributed by atoms with van der Waals surface area (Å²) in [5.41, 5.74) is 0.914. The second-order valence-corrected chi connectivity index (χ2v) is 12.0. The number of hydrogen-bond donors (Lipinski definition) is 2. The van der Waals surface area contributed by atoms with E-state index in [4.69, 9.17) is 16.3 Å². The number of sulfonamides is 1. The standard InChI is InChI=1S/C31H26ClNO7S/c32-24-14-10-22(11-15-24)23-12-16-25(17-13-23)41(38,39)33(19-29(34)35)31(30(36)37)18-27(31)26-8-4-5-9-28(26)40-20-21-6-2-1-3-7-21/h1-17,27H,18-20H2,(H,34,35)(H,36,37). The molecule has 2 unspecified atom stereocenters. The van der Waals surface area contributed by atoms with Gasteiger partial charge in [-0.2, -0.15) is 4.31 Å². The van der Waals surface area contributed by atoms with Crippen molar-refractivity contribution in [1.82, 2.24) is 4.31 Å². The van der Waals surface area contributed by atoms with Crippen molar-refractivity contribution in [2.75, 3.05) is 6.54 Å². The molecular formula is C31H26ClNO7S. The first-order chi connectivity index (χ1) is 19.6. The van der Waals surface area contributed by atoms with E-state index in [1.165, 1.54) is 12.1 Å². The Hall–Kier alpha value is -4.18. The summed E-state index contributed by atoms with van der Waals surface area (Å²) in [6.07, 6.45) is -0.108. The first-order valence-corrected chi connectivity index (χ1v) is 14.5. The Balaban J connectivity index is 1.48. The second-order valence-electron chi connectivity index (χ2n) is 9.73. The van der Waals surface area contributed by atoms with E-state index < -0.39 is 40.0 Å². The third-order valence-corrected chi connectivity index (χ3v) is 9.33. The first kappa shape index (κ1) is 28.4. The molecule has 0 aromatic heterocycles. The average molecular weight is 592 g/mol. The summed E-state index contributed by atoms with van der Waals surface area (Å²) < 4.78 is 34.4. The Bertz CT molecular complexity index is 1680. The number of ether oxygens (including phenoxy) is 1. The molecule has 5 rings (SSSR count). The molecule has 10 heteroatoms. The van der Waals surface area contributed by atoms with Gasteiger partial charge in [0, 0.05) is 10.9 Å². The Morgan fingerprint density at radius 2 is 1.44 bits per heavy atom. The van der Waals surface area contributed by atoms with E-state index in [-0.39, 0.29) is 17.9 Å². The Kier molecular flexibility index (Phi) is 7.86. The predicted molar refractivity (Wildman–Crippen MR) is 153 cm³/mol. The van der Waals surface area contributed by atoms with Gasteiger partial charge in [-0.05, 0) is 59.0 Å². The van der Waals surface area contributed by atoms with E-state index in [0.717, 1.165) is 11.1 Å². The van der Waals surface area contributed by atoms with E-state index in [9.17, 15) is 28.2 Å². The molecule has 210 valence electrons. The Morgan fingerprint density at radius 1 is 0.854 bits per heavy atom. The lowest BCUT2D eigenvalue weighted by Gasteiger charge is -2.28. The highest BCUT2D eigenvalue weighted by Crippen LogP contribution is 2.59. The Morgan fingerprint density at radius 3 is 2.05 bits per heavy atom. The fourth-order valence-electron chi connectivity index (χ4n) is 5.03. The fourth-order valence-corrected chi connectivity index (χ4v) is 6.88. The SMILES string of the molecule is O=C(O)CN(C1(C(=O)O)CC1c1ccccc1OCc1ccccc1)S(=O)(=O)c1ccc(-c2ccc(Cl)cc2)cc1. The number of carbonyl (C=O) groups is 2. The van der Waals surface area contributed by atoms with Gasteiger partial charge in [-0.3, -0.25) is 9.59 Å². The molecular weight excluding hydrogens is 566 g/mol. The van der Waals surface area contributed by atoms with Crippen molar-refractivity contribution in [3.8, 4) is 16.9 Å². The van der Waals surface area contributed by atoms with Crippen LogP contribution in [0.3, 0.4) is 0 Å².